The van der Waals surface area contributed by atoms with Crippen molar-refractivity contribution in [3.63, 3.8) is 0 Å². The number of hydrogen-bond donors (Lipinski definition) is 1. The number of amides is 1. The number of ether oxygens (including phenoxy) is 2. The molecule has 2 aromatic carbocycles. The summed E-state index contributed by atoms with van der Waals surface area (Å²) in [6, 6.07) is 7.41. The third-order valence-corrected chi connectivity index (χ3v) is 4.27. The van der Waals surface area contributed by atoms with E-state index in [0.717, 1.165) is 0 Å². The first-order valence-corrected chi connectivity index (χ1v) is 8.50. The SMILES string of the molecule is Cc1cc(C(=O)N2CC(C)Oc3cc(F)ccc32)cc(C)c1OCC(=O)O. The van der Waals surface area contributed by atoms with E-state index in [4.69, 9.17) is 14.6 Å². The number of carboxylic acid groups (broad SMARTS) is 1. The number of rotatable bonds is 4. The molecule has 1 N–H and O–H groups in total. The lowest BCUT2D eigenvalue weighted by Crippen LogP contribution is -2.42. The maximum absolute atomic E-state index is 13.5. The molecule has 2 aromatic rings. The topological polar surface area (TPSA) is 76.1 Å². The van der Waals surface area contributed by atoms with Crippen LogP contribution in [0.1, 0.15) is 28.4 Å². The Balaban J connectivity index is 1.94. The molecule has 0 saturated heterocycles. The van der Waals surface area contributed by atoms with E-state index in [9.17, 15) is 14.0 Å². The highest BCUT2D eigenvalue weighted by Crippen LogP contribution is 2.35. The molecule has 7 heteroatoms. The van der Waals surface area contributed by atoms with Crippen LogP contribution in [0.5, 0.6) is 11.5 Å². The van der Waals surface area contributed by atoms with Crippen LogP contribution in [0.3, 0.4) is 0 Å². The molecule has 0 bridgehead atoms. The van der Waals surface area contributed by atoms with Crippen LogP contribution in [0, 0.1) is 19.7 Å². The molecule has 3 rings (SSSR count). The van der Waals surface area contributed by atoms with E-state index in [1.165, 1.54) is 18.2 Å². The summed E-state index contributed by atoms with van der Waals surface area (Å²) in [4.78, 5) is 25.4. The van der Waals surface area contributed by atoms with Gasteiger partial charge in [0.1, 0.15) is 23.4 Å². The zero-order valence-electron chi connectivity index (χ0n) is 15.3. The summed E-state index contributed by atoms with van der Waals surface area (Å²) in [5.41, 5.74) is 2.29. The minimum Gasteiger partial charge on any atom is -0.487 e. The second-order valence-corrected chi connectivity index (χ2v) is 6.58. The van der Waals surface area contributed by atoms with Crippen LogP contribution in [-0.2, 0) is 4.79 Å². The molecule has 0 fully saturated rings. The number of aliphatic carboxylic acids is 1. The number of fused-ring (bicyclic) bond motifs is 1. The Morgan fingerprint density at radius 3 is 2.56 bits per heavy atom. The summed E-state index contributed by atoms with van der Waals surface area (Å²) in [6.07, 6.45) is -0.274. The Kier molecular flexibility index (Phi) is 5.03. The molecule has 1 amide bonds. The summed E-state index contributed by atoms with van der Waals surface area (Å²) in [5, 5.41) is 8.78. The van der Waals surface area contributed by atoms with Gasteiger partial charge in [0.15, 0.2) is 6.61 Å². The van der Waals surface area contributed by atoms with Gasteiger partial charge in [0.05, 0.1) is 12.2 Å². The van der Waals surface area contributed by atoms with Crippen molar-refractivity contribution in [2.75, 3.05) is 18.1 Å². The summed E-state index contributed by atoms with van der Waals surface area (Å²) in [6.45, 7) is 5.22. The quantitative estimate of drug-likeness (QED) is 0.890. The lowest BCUT2D eigenvalue weighted by atomic mass is 10.0. The number of aryl methyl sites for hydroxylation is 2. The number of anilines is 1. The molecule has 0 aliphatic carbocycles. The summed E-state index contributed by atoms with van der Waals surface area (Å²) in [7, 11) is 0. The van der Waals surface area contributed by atoms with E-state index in [0.29, 0.717) is 40.4 Å². The van der Waals surface area contributed by atoms with Gasteiger partial charge in [0.2, 0.25) is 0 Å². The summed E-state index contributed by atoms with van der Waals surface area (Å²) < 4.78 is 24.5. The van der Waals surface area contributed by atoms with E-state index >= 15 is 0 Å². The van der Waals surface area contributed by atoms with Crippen LogP contribution in [0.25, 0.3) is 0 Å². The molecule has 0 saturated carbocycles. The Morgan fingerprint density at radius 2 is 1.93 bits per heavy atom. The number of halogens is 1. The fourth-order valence-corrected chi connectivity index (χ4v) is 3.20. The molecule has 1 unspecified atom stereocenters. The van der Waals surface area contributed by atoms with Gasteiger partial charge < -0.3 is 19.5 Å². The summed E-state index contributed by atoms with van der Waals surface area (Å²) >= 11 is 0. The van der Waals surface area contributed by atoms with E-state index < -0.39 is 18.4 Å². The first-order valence-electron chi connectivity index (χ1n) is 8.50. The predicted octanol–water partition coefficient (Wildman–Crippen LogP) is 3.33. The minimum absolute atomic E-state index is 0.242. The van der Waals surface area contributed by atoms with Crippen molar-refractivity contribution in [3.8, 4) is 11.5 Å². The van der Waals surface area contributed by atoms with Gasteiger partial charge in [-0.3, -0.25) is 4.79 Å². The smallest absolute Gasteiger partial charge is 0.341 e. The Morgan fingerprint density at radius 1 is 1.26 bits per heavy atom. The highest BCUT2D eigenvalue weighted by Gasteiger charge is 2.29. The normalized spacial score (nSPS) is 15.7. The number of benzene rings is 2. The number of nitrogens with zero attached hydrogens (tertiary/aromatic N) is 1. The van der Waals surface area contributed by atoms with Gasteiger partial charge in [0, 0.05) is 11.6 Å². The fraction of sp³-hybridized carbons (Fsp3) is 0.300. The standard InChI is InChI=1S/C20H20FNO5/c1-11-6-14(7-12(2)19(11)26-10-18(23)24)20(25)22-9-13(3)27-17-8-15(21)4-5-16(17)22/h4-8,13H,9-10H2,1-3H3,(H,23,24). The highest BCUT2D eigenvalue weighted by molar-refractivity contribution is 6.07. The number of carbonyl (C=O) groups excluding carboxylic acids is 1. The zero-order chi connectivity index (χ0) is 19.7. The van der Waals surface area contributed by atoms with E-state index in [2.05, 4.69) is 0 Å². The predicted molar refractivity (Wildman–Crippen MR) is 97.2 cm³/mol. The van der Waals surface area contributed by atoms with Crippen LogP contribution >= 0.6 is 0 Å². The van der Waals surface area contributed by atoms with Gasteiger partial charge in [-0.2, -0.15) is 0 Å². The molecule has 142 valence electrons. The molecule has 1 atom stereocenters. The van der Waals surface area contributed by atoms with E-state index in [1.807, 2.05) is 6.92 Å². The van der Waals surface area contributed by atoms with Crippen molar-refractivity contribution >= 4 is 17.6 Å². The van der Waals surface area contributed by atoms with Crippen molar-refractivity contribution in [1.29, 1.82) is 0 Å². The van der Waals surface area contributed by atoms with Gasteiger partial charge in [0.25, 0.3) is 5.91 Å². The second-order valence-electron chi connectivity index (χ2n) is 6.58. The van der Waals surface area contributed by atoms with Gasteiger partial charge in [-0.25, -0.2) is 9.18 Å². The Bertz CT molecular complexity index is 888. The first kappa shape index (κ1) is 18.7. The fourth-order valence-electron chi connectivity index (χ4n) is 3.20. The molecule has 6 nitrogen and oxygen atoms in total. The highest BCUT2D eigenvalue weighted by atomic mass is 19.1. The molecule has 0 spiro atoms. The third-order valence-electron chi connectivity index (χ3n) is 4.27. The molecule has 1 heterocycles. The Hall–Kier alpha value is -3.09. The molecule has 0 aromatic heterocycles. The van der Waals surface area contributed by atoms with Crippen LogP contribution in [0.2, 0.25) is 0 Å². The lowest BCUT2D eigenvalue weighted by Gasteiger charge is -2.33. The molecule has 27 heavy (non-hydrogen) atoms. The molecular formula is C20H20FNO5. The van der Waals surface area contributed by atoms with Crippen molar-refractivity contribution in [1.82, 2.24) is 0 Å². The van der Waals surface area contributed by atoms with Crippen molar-refractivity contribution in [2.24, 2.45) is 0 Å². The van der Waals surface area contributed by atoms with Crippen molar-refractivity contribution in [3.05, 3.63) is 52.8 Å². The Labute approximate surface area is 156 Å². The average Bonchev–Trinajstić information content (AvgIpc) is 2.58. The van der Waals surface area contributed by atoms with Gasteiger partial charge in [-0.15, -0.1) is 0 Å². The molecular weight excluding hydrogens is 353 g/mol. The number of hydrogen-bond acceptors (Lipinski definition) is 4. The maximum Gasteiger partial charge on any atom is 0.341 e. The first-order chi connectivity index (χ1) is 12.8. The van der Waals surface area contributed by atoms with Gasteiger partial charge >= 0.3 is 5.97 Å². The van der Waals surface area contributed by atoms with Gasteiger partial charge in [-0.05, 0) is 56.2 Å². The zero-order valence-corrected chi connectivity index (χ0v) is 15.3. The van der Waals surface area contributed by atoms with Crippen LogP contribution in [-0.4, -0.2) is 36.2 Å². The molecule has 1 aliphatic rings. The maximum atomic E-state index is 13.5. The number of carboxylic acids is 1. The lowest BCUT2D eigenvalue weighted by molar-refractivity contribution is -0.139. The molecule has 1 aliphatic heterocycles. The summed E-state index contributed by atoms with van der Waals surface area (Å²) in [5.74, 6) is -0.959. The number of carbonyl (C=O) groups is 2. The third kappa shape index (κ3) is 3.86. The van der Waals surface area contributed by atoms with Crippen LogP contribution in [0.4, 0.5) is 10.1 Å². The second kappa shape index (κ2) is 7.26. The van der Waals surface area contributed by atoms with Crippen LogP contribution < -0.4 is 14.4 Å². The van der Waals surface area contributed by atoms with E-state index in [-0.39, 0.29) is 12.0 Å². The van der Waals surface area contributed by atoms with Crippen molar-refractivity contribution < 1.29 is 28.6 Å². The van der Waals surface area contributed by atoms with E-state index in [1.54, 1.807) is 30.9 Å². The van der Waals surface area contributed by atoms with Gasteiger partial charge in [-0.1, -0.05) is 0 Å². The van der Waals surface area contributed by atoms with Crippen LogP contribution in [0.15, 0.2) is 30.3 Å². The largest absolute Gasteiger partial charge is 0.487 e. The molecule has 0 radical (unpaired) electrons. The van der Waals surface area contributed by atoms with Crippen molar-refractivity contribution in [2.45, 2.75) is 26.9 Å². The monoisotopic (exact) mass is 373 g/mol. The average molecular weight is 373 g/mol. The minimum atomic E-state index is -1.07.